The predicted molar refractivity (Wildman–Crippen MR) is 74.6 cm³/mol. The molecule has 2 N–H and O–H groups in total. The molecular formula is C12H15BrF2N2O2S. The lowest BCUT2D eigenvalue weighted by Gasteiger charge is -2.30. The van der Waals surface area contributed by atoms with Gasteiger partial charge in [0.25, 0.3) is 0 Å². The molecule has 8 heteroatoms. The second-order valence-corrected chi connectivity index (χ2v) is 7.54. The zero-order chi connectivity index (χ0) is 14.9. The van der Waals surface area contributed by atoms with Crippen LogP contribution in [0, 0.1) is 17.6 Å². The van der Waals surface area contributed by atoms with E-state index in [4.69, 9.17) is 5.73 Å². The van der Waals surface area contributed by atoms with Crippen LogP contribution in [-0.2, 0) is 10.0 Å². The van der Waals surface area contributed by atoms with Crippen molar-refractivity contribution in [1.82, 2.24) is 4.31 Å². The van der Waals surface area contributed by atoms with Crippen LogP contribution >= 0.6 is 15.9 Å². The Hall–Kier alpha value is -0.570. The largest absolute Gasteiger partial charge is 0.330 e. The minimum atomic E-state index is -3.94. The number of halogens is 3. The number of nitrogens with zero attached hydrogens (tertiary/aromatic N) is 1. The Morgan fingerprint density at radius 3 is 2.40 bits per heavy atom. The van der Waals surface area contributed by atoms with E-state index in [0.29, 0.717) is 44.5 Å². The first-order valence-electron chi connectivity index (χ1n) is 6.21. The maximum atomic E-state index is 13.7. The highest BCUT2D eigenvalue weighted by Crippen LogP contribution is 2.28. The van der Waals surface area contributed by atoms with Gasteiger partial charge in [0.05, 0.1) is 4.47 Å². The third-order valence-electron chi connectivity index (χ3n) is 3.50. The van der Waals surface area contributed by atoms with Gasteiger partial charge in [-0.25, -0.2) is 17.2 Å². The summed E-state index contributed by atoms with van der Waals surface area (Å²) < 4.78 is 52.8. The number of rotatable bonds is 3. The zero-order valence-electron chi connectivity index (χ0n) is 10.7. The molecular weight excluding hydrogens is 354 g/mol. The van der Waals surface area contributed by atoms with Crippen LogP contribution in [0.5, 0.6) is 0 Å². The summed E-state index contributed by atoms with van der Waals surface area (Å²) in [5, 5.41) is 0. The van der Waals surface area contributed by atoms with Crippen LogP contribution in [0.1, 0.15) is 12.8 Å². The lowest BCUT2D eigenvalue weighted by Crippen LogP contribution is -2.40. The molecule has 4 nitrogen and oxygen atoms in total. The standard InChI is InChI=1S/C12H15BrF2N2O2S/c13-9-5-12(11(15)6-10(9)14)20(18,19)17-3-1-8(7-16)2-4-17/h5-6,8H,1-4,7,16H2. The minimum absolute atomic E-state index is 0.0747. The molecule has 0 amide bonds. The van der Waals surface area contributed by atoms with Crippen LogP contribution in [0.4, 0.5) is 8.78 Å². The summed E-state index contributed by atoms with van der Waals surface area (Å²) in [6, 6.07) is 1.54. The maximum Gasteiger partial charge on any atom is 0.246 e. The Balaban J connectivity index is 2.30. The minimum Gasteiger partial charge on any atom is -0.330 e. The molecule has 1 saturated heterocycles. The number of hydrogen-bond donors (Lipinski definition) is 1. The molecule has 0 spiro atoms. The molecule has 1 fully saturated rings. The van der Waals surface area contributed by atoms with E-state index >= 15 is 0 Å². The van der Waals surface area contributed by atoms with Crippen LogP contribution in [0.25, 0.3) is 0 Å². The normalized spacial score (nSPS) is 18.4. The molecule has 2 rings (SSSR count). The molecule has 1 aromatic carbocycles. The van der Waals surface area contributed by atoms with Crippen molar-refractivity contribution in [1.29, 1.82) is 0 Å². The molecule has 112 valence electrons. The first kappa shape index (κ1) is 15.8. The summed E-state index contributed by atoms with van der Waals surface area (Å²) >= 11 is 2.88. The van der Waals surface area contributed by atoms with Crippen molar-refractivity contribution < 1.29 is 17.2 Å². The van der Waals surface area contributed by atoms with E-state index in [2.05, 4.69) is 15.9 Å². The Morgan fingerprint density at radius 2 is 1.85 bits per heavy atom. The van der Waals surface area contributed by atoms with Gasteiger partial charge in [0.1, 0.15) is 16.5 Å². The summed E-state index contributed by atoms with van der Waals surface area (Å²) in [7, 11) is -3.94. The average Bonchev–Trinajstić information content (AvgIpc) is 2.42. The summed E-state index contributed by atoms with van der Waals surface area (Å²) in [5.41, 5.74) is 5.55. The fraction of sp³-hybridized carbons (Fsp3) is 0.500. The number of benzene rings is 1. The van der Waals surface area contributed by atoms with Gasteiger partial charge >= 0.3 is 0 Å². The fourth-order valence-corrected chi connectivity index (χ4v) is 4.26. The summed E-state index contributed by atoms with van der Waals surface area (Å²) in [6.07, 6.45) is 1.30. The summed E-state index contributed by atoms with van der Waals surface area (Å²) in [4.78, 5) is -0.503. The second-order valence-electron chi connectivity index (χ2n) is 4.78. The van der Waals surface area contributed by atoms with Crippen LogP contribution in [0.15, 0.2) is 21.5 Å². The molecule has 0 radical (unpaired) electrons. The van der Waals surface area contributed by atoms with E-state index in [9.17, 15) is 17.2 Å². The molecule has 1 aliphatic heterocycles. The van der Waals surface area contributed by atoms with Gasteiger partial charge in [0.15, 0.2) is 0 Å². The van der Waals surface area contributed by atoms with Crippen molar-refractivity contribution in [3.8, 4) is 0 Å². The number of piperidine rings is 1. The van der Waals surface area contributed by atoms with E-state index in [1.807, 2.05) is 0 Å². The Labute approximate surface area is 125 Å². The highest BCUT2D eigenvalue weighted by Gasteiger charge is 2.31. The molecule has 1 aromatic rings. The molecule has 0 aromatic heterocycles. The summed E-state index contributed by atoms with van der Waals surface area (Å²) in [5.74, 6) is -1.61. The SMILES string of the molecule is NCC1CCN(S(=O)(=O)c2cc(Br)c(F)cc2F)CC1. The van der Waals surface area contributed by atoms with Crippen molar-refractivity contribution in [2.24, 2.45) is 11.7 Å². The summed E-state index contributed by atoms with van der Waals surface area (Å²) in [6.45, 7) is 1.13. The molecule has 0 saturated carbocycles. The smallest absolute Gasteiger partial charge is 0.246 e. The molecule has 1 heterocycles. The van der Waals surface area contributed by atoms with Crippen molar-refractivity contribution in [2.45, 2.75) is 17.7 Å². The number of nitrogens with two attached hydrogens (primary N) is 1. The Bertz CT molecular complexity index is 602. The van der Waals surface area contributed by atoms with Gasteiger partial charge in [-0.1, -0.05) is 0 Å². The third-order valence-corrected chi connectivity index (χ3v) is 6.02. The van der Waals surface area contributed by atoms with Gasteiger partial charge in [-0.05, 0) is 47.3 Å². The average molecular weight is 369 g/mol. The van der Waals surface area contributed by atoms with E-state index in [1.54, 1.807) is 0 Å². The van der Waals surface area contributed by atoms with Crippen molar-refractivity contribution in [3.05, 3.63) is 28.2 Å². The van der Waals surface area contributed by atoms with Crippen molar-refractivity contribution in [3.63, 3.8) is 0 Å². The monoisotopic (exact) mass is 368 g/mol. The molecule has 1 aliphatic rings. The lowest BCUT2D eigenvalue weighted by atomic mass is 9.99. The van der Waals surface area contributed by atoms with Gasteiger partial charge in [-0.2, -0.15) is 4.31 Å². The molecule has 0 unspecified atom stereocenters. The highest BCUT2D eigenvalue weighted by molar-refractivity contribution is 9.10. The van der Waals surface area contributed by atoms with E-state index in [-0.39, 0.29) is 4.47 Å². The second kappa shape index (κ2) is 6.05. The van der Waals surface area contributed by atoms with Gasteiger partial charge in [0.2, 0.25) is 10.0 Å². The van der Waals surface area contributed by atoms with Gasteiger partial charge in [0, 0.05) is 19.2 Å². The van der Waals surface area contributed by atoms with Crippen LogP contribution in [0.2, 0.25) is 0 Å². The van der Waals surface area contributed by atoms with Gasteiger partial charge < -0.3 is 5.73 Å². The van der Waals surface area contributed by atoms with Crippen LogP contribution in [0.3, 0.4) is 0 Å². The number of hydrogen-bond acceptors (Lipinski definition) is 3. The maximum absolute atomic E-state index is 13.7. The van der Waals surface area contributed by atoms with Crippen molar-refractivity contribution >= 4 is 26.0 Å². The van der Waals surface area contributed by atoms with E-state index in [1.165, 1.54) is 4.31 Å². The number of sulfonamides is 1. The lowest BCUT2D eigenvalue weighted by molar-refractivity contribution is 0.277. The Kier molecular flexibility index (Phi) is 4.78. The van der Waals surface area contributed by atoms with Gasteiger partial charge in [-0.15, -0.1) is 0 Å². The van der Waals surface area contributed by atoms with E-state index < -0.39 is 26.6 Å². The third kappa shape index (κ3) is 3.03. The van der Waals surface area contributed by atoms with Crippen LogP contribution in [-0.4, -0.2) is 32.4 Å². The first-order valence-corrected chi connectivity index (χ1v) is 8.44. The Morgan fingerprint density at radius 1 is 1.25 bits per heavy atom. The van der Waals surface area contributed by atoms with Gasteiger partial charge in [-0.3, -0.25) is 0 Å². The molecule has 0 bridgehead atoms. The quantitative estimate of drug-likeness (QED) is 0.830. The van der Waals surface area contributed by atoms with Crippen LogP contribution < -0.4 is 5.73 Å². The first-order chi connectivity index (χ1) is 9.36. The molecule has 0 aliphatic carbocycles. The van der Waals surface area contributed by atoms with Crippen molar-refractivity contribution in [2.75, 3.05) is 19.6 Å². The zero-order valence-corrected chi connectivity index (χ0v) is 13.1. The van der Waals surface area contributed by atoms with E-state index in [0.717, 1.165) is 6.07 Å². The molecule has 0 atom stereocenters. The fourth-order valence-electron chi connectivity index (χ4n) is 2.23. The highest BCUT2D eigenvalue weighted by atomic mass is 79.9. The topological polar surface area (TPSA) is 63.4 Å². The predicted octanol–water partition coefficient (Wildman–Crippen LogP) is 2.09. The molecule has 20 heavy (non-hydrogen) atoms.